The zero-order valence-electron chi connectivity index (χ0n) is 13.1. The molecule has 0 saturated heterocycles. The van der Waals surface area contributed by atoms with Gasteiger partial charge in [-0.25, -0.2) is 0 Å². The molecule has 0 rings (SSSR count). The molecule has 0 bridgehead atoms. The number of carbonyl (C=O) groups is 2. The molecular formula is C13H23K2NO4. The van der Waals surface area contributed by atoms with Gasteiger partial charge in [0, 0.05) is 12.0 Å². The molecule has 0 aliphatic carbocycles. The number of hydrogen-bond acceptors (Lipinski definition) is 5. The van der Waals surface area contributed by atoms with Crippen molar-refractivity contribution in [1.82, 2.24) is 5.32 Å². The molecule has 0 aromatic rings. The summed E-state index contributed by atoms with van der Waals surface area (Å²) in [5.41, 5.74) is 0. The van der Waals surface area contributed by atoms with Crippen molar-refractivity contribution in [2.75, 3.05) is 6.54 Å². The molecule has 0 fully saturated rings. The van der Waals surface area contributed by atoms with E-state index in [1.54, 1.807) is 0 Å². The summed E-state index contributed by atoms with van der Waals surface area (Å²) in [5, 5.41) is 23.8. The number of carboxylic acid groups (broad SMARTS) is 2. The van der Waals surface area contributed by atoms with Gasteiger partial charge in [-0.3, -0.25) is 0 Å². The van der Waals surface area contributed by atoms with Crippen molar-refractivity contribution in [2.45, 2.75) is 64.3 Å². The average Bonchev–Trinajstić information content (AvgIpc) is 2.31. The van der Waals surface area contributed by atoms with Gasteiger partial charge in [-0.15, -0.1) is 0 Å². The van der Waals surface area contributed by atoms with Crippen LogP contribution in [0.3, 0.4) is 0 Å². The molecule has 1 atom stereocenters. The molecule has 0 heterocycles. The number of unbranched alkanes of at least 4 members (excludes halogenated alkanes) is 5. The van der Waals surface area contributed by atoms with Crippen LogP contribution < -0.4 is 118 Å². The molecule has 7 heteroatoms. The van der Waals surface area contributed by atoms with E-state index in [1.807, 2.05) is 0 Å². The van der Waals surface area contributed by atoms with Gasteiger partial charge >= 0.3 is 103 Å². The predicted molar refractivity (Wildman–Crippen MR) is 64.4 cm³/mol. The van der Waals surface area contributed by atoms with Crippen LogP contribution in [0.4, 0.5) is 0 Å². The summed E-state index contributed by atoms with van der Waals surface area (Å²) in [6, 6.07) is -0.890. The van der Waals surface area contributed by atoms with E-state index in [0.29, 0.717) is 6.54 Å². The fraction of sp³-hybridized carbons (Fsp3) is 0.846. The molecule has 0 unspecified atom stereocenters. The molecule has 106 valence electrons. The Bertz CT molecular complexity index is 253. The Morgan fingerprint density at radius 1 is 1.00 bits per heavy atom. The molecule has 0 aromatic heterocycles. The first-order valence-corrected chi connectivity index (χ1v) is 6.72. The second kappa shape index (κ2) is 19.2. The maximum absolute atomic E-state index is 10.7. The van der Waals surface area contributed by atoms with E-state index < -0.39 is 18.0 Å². The first kappa shape index (κ1) is 27.0. The van der Waals surface area contributed by atoms with Crippen LogP contribution >= 0.6 is 0 Å². The van der Waals surface area contributed by atoms with E-state index in [1.165, 1.54) is 19.3 Å². The smallest absolute Gasteiger partial charge is 0.550 e. The summed E-state index contributed by atoms with van der Waals surface area (Å²) in [5.74, 6) is -2.48. The summed E-state index contributed by atoms with van der Waals surface area (Å²) < 4.78 is 0. The zero-order valence-corrected chi connectivity index (χ0v) is 19.3. The Kier molecular flexibility index (Phi) is 26.0. The fourth-order valence-corrected chi connectivity index (χ4v) is 1.75. The fourth-order valence-electron chi connectivity index (χ4n) is 1.75. The van der Waals surface area contributed by atoms with Crippen molar-refractivity contribution >= 4 is 11.9 Å². The monoisotopic (exact) mass is 335 g/mol. The van der Waals surface area contributed by atoms with Gasteiger partial charge in [0.2, 0.25) is 0 Å². The van der Waals surface area contributed by atoms with Crippen LogP contribution in [0.15, 0.2) is 0 Å². The number of carbonyl (C=O) groups excluding carboxylic acids is 2. The van der Waals surface area contributed by atoms with Crippen LogP contribution in [0.5, 0.6) is 0 Å². The number of hydrogen-bond donors (Lipinski definition) is 1. The summed E-state index contributed by atoms with van der Waals surface area (Å²) >= 11 is 0. The minimum atomic E-state index is -1.25. The summed E-state index contributed by atoms with van der Waals surface area (Å²) in [4.78, 5) is 21.0. The third kappa shape index (κ3) is 18.2. The summed E-state index contributed by atoms with van der Waals surface area (Å²) in [6.07, 6.45) is 6.53. The molecule has 0 aliphatic heterocycles. The third-order valence-corrected chi connectivity index (χ3v) is 2.84. The number of rotatable bonds is 12. The minimum absolute atomic E-state index is 0. The SMILES string of the molecule is CCCCCCCCN[C@@H](CCC(=O)[O-])C(=O)[O-].[K+].[K+]. The Hall–Kier alpha value is 2.17. The van der Waals surface area contributed by atoms with Gasteiger partial charge < -0.3 is 25.1 Å². The van der Waals surface area contributed by atoms with E-state index in [4.69, 9.17) is 0 Å². The molecule has 0 aromatic carbocycles. The van der Waals surface area contributed by atoms with Crippen molar-refractivity contribution < 1.29 is 123 Å². The Labute approximate surface area is 206 Å². The van der Waals surface area contributed by atoms with Crippen molar-refractivity contribution in [1.29, 1.82) is 0 Å². The van der Waals surface area contributed by atoms with Gasteiger partial charge in [-0.1, -0.05) is 39.0 Å². The van der Waals surface area contributed by atoms with E-state index in [2.05, 4.69) is 12.2 Å². The maximum atomic E-state index is 10.7. The predicted octanol–water partition coefficient (Wildman–Crippen LogP) is -6.41. The van der Waals surface area contributed by atoms with Crippen LogP contribution in [0.1, 0.15) is 58.3 Å². The first-order valence-electron chi connectivity index (χ1n) is 6.72. The van der Waals surface area contributed by atoms with Crippen LogP contribution in [-0.2, 0) is 9.59 Å². The molecule has 0 aliphatic rings. The molecule has 0 spiro atoms. The standard InChI is InChI=1S/C13H25NO4.2K/c1-2-3-4-5-6-7-10-14-11(13(17)18)8-9-12(15)16;;/h11,14H,2-10H2,1H3,(H,15,16)(H,17,18);;/q;2*+1/p-2/t11-;;/m0../s1. The topological polar surface area (TPSA) is 92.3 Å². The summed E-state index contributed by atoms with van der Waals surface area (Å²) in [6.45, 7) is 2.74. The van der Waals surface area contributed by atoms with Crippen LogP contribution in [0, 0.1) is 0 Å². The molecule has 20 heavy (non-hydrogen) atoms. The van der Waals surface area contributed by atoms with Gasteiger partial charge in [0.15, 0.2) is 0 Å². The van der Waals surface area contributed by atoms with Crippen molar-refractivity contribution in [2.24, 2.45) is 0 Å². The third-order valence-electron chi connectivity index (χ3n) is 2.84. The quantitative estimate of drug-likeness (QED) is 0.283. The maximum Gasteiger partial charge on any atom is 1.00 e. The second-order valence-electron chi connectivity index (χ2n) is 4.50. The van der Waals surface area contributed by atoms with Gasteiger partial charge in [0.25, 0.3) is 0 Å². The largest absolute Gasteiger partial charge is 1.00 e. The van der Waals surface area contributed by atoms with Gasteiger partial charge in [0.1, 0.15) is 0 Å². The zero-order chi connectivity index (χ0) is 13.8. The number of nitrogens with one attached hydrogen (secondary N) is 1. The number of aliphatic carboxylic acids is 2. The van der Waals surface area contributed by atoms with E-state index in [9.17, 15) is 19.8 Å². The van der Waals surface area contributed by atoms with Crippen molar-refractivity contribution in [3.05, 3.63) is 0 Å². The van der Waals surface area contributed by atoms with Crippen molar-refractivity contribution in [3.8, 4) is 0 Å². The van der Waals surface area contributed by atoms with Gasteiger partial charge in [0.05, 0.1) is 5.97 Å². The first-order chi connectivity index (χ1) is 8.57. The molecular weight excluding hydrogens is 312 g/mol. The van der Waals surface area contributed by atoms with Crippen LogP contribution in [0.2, 0.25) is 0 Å². The molecule has 0 saturated carbocycles. The van der Waals surface area contributed by atoms with Gasteiger partial charge in [-0.05, 0) is 25.8 Å². The summed E-state index contributed by atoms with van der Waals surface area (Å²) in [7, 11) is 0. The Balaban J connectivity index is -0.00000144. The van der Waals surface area contributed by atoms with E-state index in [-0.39, 0.29) is 116 Å². The molecule has 0 radical (unpaired) electrons. The Morgan fingerprint density at radius 2 is 1.55 bits per heavy atom. The van der Waals surface area contributed by atoms with Crippen molar-refractivity contribution in [3.63, 3.8) is 0 Å². The molecule has 0 amide bonds. The number of carboxylic acids is 2. The van der Waals surface area contributed by atoms with E-state index >= 15 is 0 Å². The molecule has 1 N–H and O–H groups in total. The van der Waals surface area contributed by atoms with Crippen LogP contribution in [-0.4, -0.2) is 24.5 Å². The van der Waals surface area contributed by atoms with Crippen LogP contribution in [0.25, 0.3) is 0 Å². The average molecular weight is 336 g/mol. The minimum Gasteiger partial charge on any atom is -0.550 e. The normalized spacial score (nSPS) is 11.1. The Morgan fingerprint density at radius 3 is 2.05 bits per heavy atom. The molecule has 5 nitrogen and oxygen atoms in total. The second-order valence-corrected chi connectivity index (χ2v) is 4.50. The van der Waals surface area contributed by atoms with Gasteiger partial charge in [-0.2, -0.15) is 0 Å². The van der Waals surface area contributed by atoms with E-state index in [0.717, 1.165) is 19.3 Å².